The topological polar surface area (TPSA) is 24.5 Å². The molecule has 1 aliphatic heterocycles. The van der Waals surface area contributed by atoms with E-state index in [1.165, 1.54) is 22.4 Å². The first-order valence-electron chi connectivity index (χ1n) is 11.1. The standard InChI is InChI=1S/C26H38N2O/c1-20(2)25-18-26(15-17-29-25,23-10-6-21(3)7-11-23)14-16-27-19-22-8-12-24(13-9-22)28(4)5/h6-13,20,25,27H,14-19H2,1-5H3/t25-,26-/m0/s1. The smallest absolute Gasteiger partial charge is 0.0606 e. The summed E-state index contributed by atoms with van der Waals surface area (Å²) < 4.78 is 6.12. The summed E-state index contributed by atoms with van der Waals surface area (Å²) in [6.45, 7) is 9.54. The Morgan fingerprint density at radius 3 is 2.38 bits per heavy atom. The van der Waals surface area contributed by atoms with Gasteiger partial charge < -0.3 is 15.0 Å². The summed E-state index contributed by atoms with van der Waals surface area (Å²) >= 11 is 0. The average Bonchev–Trinajstić information content (AvgIpc) is 2.72. The maximum absolute atomic E-state index is 6.12. The van der Waals surface area contributed by atoms with E-state index in [1.807, 2.05) is 0 Å². The Morgan fingerprint density at radius 1 is 1.07 bits per heavy atom. The Balaban J connectivity index is 1.65. The Bertz CT molecular complexity index is 751. The molecule has 29 heavy (non-hydrogen) atoms. The van der Waals surface area contributed by atoms with Gasteiger partial charge in [0, 0.05) is 38.3 Å². The molecular formula is C26H38N2O. The molecule has 0 saturated carbocycles. The molecule has 3 heteroatoms. The fraction of sp³-hybridized carbons (Fsp3) is 0.538. The van der Waals surface area contributed by atoms with Crippen molar-refractivity contribution in [3.05, 3.63) is 65.2 Å². The van der Waals surface area contributed by atoms with E-state index in [0.29, 0.717) is 12.0 Å². The zero-order valence-corrected chi connectivity index (χ0v) is 18.9. The summed E-state index contributed by atoms with van der Waals surface area (Å²) in [5, 5.41) is 3.69. The highest BCUT2D eigenvalue weighted by molar-refractivity contribution is 5.45. The Morgan fingerprint density at radius 2 is 1.76 bits per heavy atom. The lowest BCUT2D eigenvalue weighted by molar-refractivity contribution is -0.0469. The Hall–Kier alpha value is -1.84. The van der Waals surface area contributed by atoms with Gasteiger partial charge in [0.25, 0.3) is 0 Å². The number of hydrogen-bond donors (Lipinski definition) is 1. The summed E-state index contributed by atoms with van der Waals surface area (Å²) in [6.07, 6.45) is 3.73. The Kier molecular flexibility index (Phi) is 7.37. The number of nitrogens with zero attached hydrogens (tertiary/aromatic N) is 1. The molecular weight excluding hydrogens is 356 g/mol. The highest BCUT2D eigenvalue weighted by atomic mass is 16.5. The van der Waals surface area contributed by atoms with Gasteiger partial charge in [-0.3, -0.25) is 0 Å². The highest BCUT2D eigenvalue weighted by Gasteiger charge is 2.39. The zero-order valence-electron chi connectivity index (χ0n) is 18.9. The predicted molar refractivity (Wildman–Crippen MR) is 124 cm³/mol. The number of anilines is 1. The average molecular weight is 395 g/mol. The minimum absolute atomic E-state index is 0.211. The molecule has 0 aromatic heterocycles. The molecule has 1 N–H and O–H groups in total. The third-order valence-electron chi connectivity index (χ3n) is 6.47. The van der Waals surface area contributed by atoms with Crippen LogP contribution in [0.3, 0.4) is 0 Å². The molecule has 2 atom stereocenters. The molecule has 1 saturated heterocycles. The van der Waals surface area contributed by atoms with Crippen molar-refractivity contribution in [3.8, 4) is 0 Å². The maximum Gasteiger partial charge on any atom is 0.0606 e. The lowest BCUT2D eigenvalue weighted by Crippen LogP contribution is -2.42. The van der Waals surface area contributed by atoms with Crippen LogP contribution in [-0.4, -0.2) is 33.4 Å². The molecule has 2 aromatic carbocycles. The fourth-order valence-electron chi connectivity index (χ4n) is 4.39. The van der Waals surface area contributed by atoms with Crippen LogP contribution in [0, 0.1) is 12.8 Å². The second kappa shape index (κ2) is 9.77. The summed E-state index contributed by atoms with van der Waals surface area (Å²) in [5.74, 6) is 0.559. The molecule has 1 fully saturated rings. The van der Waals surface area contributed by atoms with Crippen LogP contribution in [0.5, 0.6) is 0 Å². The fourth-order valence-corrected chi connectivity index (χ4v) is 4.39. The predicted octanol–water partition coefficient (Wildman–Crippen LogP) is 5.31. The van der Waals surface area contributed by atoms with Crippen molar-refractivity contribution in [1.82, 2.24) is 5.32 Å². The van der Waals surface area contributed by atoms with Crippen molar-refractivity contribution in [3.63, 3.8) is 0 Å². The molecule has 0 amide bonds. The van der Waals surface area contributed by atoms with Crippen LogP contribution >= 0.6 is 0 Å². The molecule has 2 aromatic rings. The summed E-state index contributed by atoms with van der Waals surface area (Å²) in [6, 6.07) is 18.0. The van der Waals surface area contributed by atoms with E-state index in [4.69, 9.17) is 4.74 Å². The van der Waals surface area contributed by atoms with Gasteiger partial charge in [0.15, 0.2) is 0 Å². The van der Waals surface area contributed by atoms with E-state index >= 15 is 0 Å². The van der Waals surface area contributed by atoms with Gasteiger partial charge in [-0.25, -0.2) is 0 Å². The molecule has 3 rings (SSSR count). The number of nitrogens with one attached hydrogen (secondary N) is 1. The van der Waals surface area contributed by atoms with E-state index in [9.17, 15) is 0 Å². The van der Waals surface area contributed by atoms with E-state index in [-0.39, 0.29) is 5.41 Å². The lowest BCUT2D eigenvalue weighted by Gasteiger charge is -2.43. The van der Waals surface area contributed by atoms with Gasteiger partial charge in [0.2, 0.25) is 0 Å². The van der Waals surface area contributed by atoms with Gasteiger partial charge in [-0.15, -0.1) is 0 Å². The number of aryl methyl sites for hydroxylation is 1. The van der Waals surface area contributed by atoms with Crippen LogP contribution in [0.4, 0.5) is 5.69 Å². The molecule has 158 valence electrons. The number of ether oxygens (including phenoxy) is 1. The normalized spacial score (nSPS) is 22.1. The molecule has 0 spiro atoms. The highest BCUT2D eigenvalue weighted by Crippen LogP contribution is 2.41. The molecule has 1 aliphatic rings. The van der Waals surface area contributed by atoms with Crippen LogP contribution in [0.15, 0.2) is 48.5 Å². The SMILES string of the molecule is Cc1ccc([C@@]2(CCNCc3ccc(N(C)C)cc3)CCO[C@H](C(C)C)C2)cc1. The van der Waals surface area contributed by atoms with Crippen molar-refractivity contribution in [2.45, 2.75) is 58.1 Å². The van der Waals surface area contributed by atoms with E-state index in [0.717, 1.165) is 39.0 Å². The molecule has 1 heterocycles. The van der Waals surface area contributed by atoms with Crippen molar-refractivity contribution < 1.29 is 4.74 Å². The third kappa shape index (κ3) is 5.61. The van der Waals surface area contributed by atoms with Gasteiger partial charge in [-0.2, -0.15) is 0 Å². The van der Waals surface area contributed by atoms with Crippen molar-refractivity contribution in [2.75, 3.05) is 32.1 Å². The van der Waals surface area contributed by atoms with Crippen LogP contribution in [0.2, 0.25) is 0 Å². The lowest BCUT2D eigenvalue weighted by atomic mass is 9.68. The molecule has 0 bridgehead atoms. The summed E-state index contributed by atoms with van der Waals surface area (Å²) in [4.78, 5) is 2.14. The summed E-state index contributed by atoms with van der Waals surface area (Å²) in [7, 11) is 4.16. The van der Waals surface area contributed by atoms with Gasteiger partial charge in [-0.05, 0) is 61.9 Å². The molecule has 0 aliphatic carbocycles. The molecule has 0 radical (unpaired) electrons. The Labute approximate surface area is 177 Å². The van der Waals surface area contributed by atoms with E-state index in [2.05, 4.69) is 93.6 Å². The number of benzene rings is 2. The minimum atomic E-state index is 0.211. The minimum Gasteiger partial charge on any atom is -0.378 e. The van der Waals surface area contributed by atoms with Crippen LogP contribution in [0.25, 0.3) is 0 Å². The number of rotatable bonds is 8. The van der Waals surface area contributed by atoms with Crippen molar-refractivity contribution in [1.29, 1.82) is 0 Å². The van der Waals surface area contributed by atoms with Gasteiger partial charge in [0.05, 0.1) is 6.10 Å². The van der Waals surface area contributed by atoms with Crippen LogP contribution in [0.1, 0.15) is 49.8 Å². The van der Waals surface area contributed by atoms with Crippen molar-refractivity contribution in [2.24, 2.45) is 5.92 Å². The first-order chi connectivity index (χ1) is 13.9. The number of hydrogen-bond acceptors (Lipinski definition) is 3. The van der Waals surface area contributed by atoms with Crippen molar-refractivity contribution >= 4 is 5.69 Å². The first-order valence-corrected chi connectivity index (χ1v) is 11.1. The van der Waals surface area contributed by atoms with E-state index < -0.39 is 0 Å². The van der Waals surface area contributed by atoms with Gasteiger partial charge in [0.1, 0.15) is 0 Å². The van der Waals surface area contributed by atoms with Gasteiger partial charge >= 0.3 is 0 Å². The zero-order chi connectivity index (χ0) is 20.9. The molecule has 3 nitrogen and oxygen atoms in total. The van der Waals surface area contributed by atoms with E-state index in [1.54, 1.807) is 0 Å². The molecule has 0 unspecified atom stereocenters. The quantitative estimate of drug-likeness (QED) is 0.614. The first kappa shape index (κ1) is 21.9. The van der Waals surface area contributed by atoms with Gasteiger partial charge in [-0.1, -0.05) is 55.8 Å². The van der Waals surface area contributed by atoms with Crippen LogP contribution < -0.4 is 10.2 Å². The van der Waals surface area contributed by atoms with Crippen LogP contribution in [-0.2, 0) is 16.7 Å². The third-order valence-corrected chi connectivity index (χ3v) is 6.47. The maximum atomic E-state index is 6.12. The largest absolute Gasteiger partial charge is 0.378 e. The second-order valence-corrected chi connectivity index (χ2v) is 9.24. The second-order valence-electron chi connectivity index (χ2n) is 9.24. The summed E-state index contributed by atoms with van der Waals surface area (Å²) in [5.41, 5.74) is 5.61. The monoisotopic (exact) mass is 394 g/mol.